The van der Waals surface area contributed by atoms with Gasteiger partial charge >= 0.3 is 12.1 Å². The van der Waals surface area contributed by atoms with E-state index in [4.69, 9.17) is 5.73 Å². The Morgan fingerprint density at radius 1 is 1.56 bits per heavy atom. The van der Waals surface area contributed by atoms with Crippen LogP contribution < -0.4 is 5.73 Å². The molecular weight excluding hydrogens is 225 g/mol. The molecule has 88 valence electrons. The Morgan fingerprint density at radius 2 is 2.19 bits per heavy atom. The molecule has 0 aliphatic heterocycles. The van der Waals surface area contributed by atoms with Crippen molar-refractivity contribution in [2.45, 2.75) is 13.1 Å². The van der Waals surface area contributed by atoms with Crippen molar-refractivity contribution in [3.63, 3.8) is 0 Å². The molecule has 7 heteroatoms. The third-order valence-electron chi connectivity index (χ3n) is 1.74. The van der Waals surface area contributed by atoms with Crippen LogP contribution in [0.15, 0.2) is 12.3 Å². The smallest absolute Gasteiger partial charge is 0.419 e. The lowest BCUT2D eigenvalue weighted by Gasteiger charge is -2.10. The van der Waals surface area contributed by atoms with Gasteiger partial charge in [0.25, 0.3) is 0 Å². The number of carbonyl (C=O) groups is 1. The molecule has 0 aromatic carbocycles. The Bertz CT molecular complexity index is 404. The maximum Gasteiger partial charge on any atom is 0.419 e. The molecule has 0 spiro atoms. The fourth-order valence-electron chi connectivity index (χ4n) is 1.03. The Balaban J connectivity index is 3.13. The summed E-state index contributed by atoms with van der Waals surface area (Å²) in [5, 5.41) is 0. The summed E-state index contributed by atoms with van der Waals surface area (Å²) in [6.07, 6.45) is -3.69. The minimum absolute atomic E-state index is 0.0740. The number of pyridine rings is 1. The minimum Gasteiger partial charge on any atom is -0.462 e. The Kier molecular flexibility index (Phi) is 3.36. The number of esters is 1. The van der Waals surface area contributed by atoms with E-state index in [-0.39, 0.29) is 12.2 Å². The molecule has 0 aliphatic carbocycles. The van der Waals surface area contributed by atoms with Gasteiger partial charge in [-0.15, -0.1) is 0 Å². The lowest BCUT2D eigenvalue weighted by molar-refractivity contribution is -0.137. The lowest BCUT2D eigenvalue weighted by atomic mass is 10.2. The molecule has 0 saturated carbocycles. The molecule has 1 heterocycles. The van der Waals surface area contributed by atoms with Crippen molar-refractivity contribution in [3.05, 3.63) is 23.4 Å². The number of nitrogens with zero attached hydrogens (tertiary/aromatic N) is 1. The van der Waals surface area contributed by atoms with Gasteiger partial charge < -0.3 is 10.5 Å². The second-order valence-electron chi connectivity index (χ2n) is 2.88. The summed E-state index contributed by atoms with van der Waals surface area (Å²) in [6.45, 7) is 1.62. The number of carbonyl (C=O) groups excluding carboxylic acids is 1. The Hall–Kier alpha value is -1.79. The zero-order valence-electron chi connectivity index (χ0n) is 8.34. The Morgan fingerprint density at radius 3 is 2.69 bits per heavy atom. The van der Waals surface area contributed by atoms with Crippen molar-refractivity contribution < 1.29 is 22.7 Å². The molecule has 1 rings (SSSR count). The van der Waals surface area contributed by atoms with Crippen LogP contribution in [0.4, 0.5) is 19.0 Å². The molecular formula is C9H9F3N2O2. The average Bonchev–Trinajstić information content (AvgIpc) is 2.16. The fraction of sp³-hybridized carbons (Fsp3) is 0.333. The summed E-state index contributed by atoms with van der Waals surface area (Å²) in [5.41, 5.74) is 3.65. The zero-order valence-corrected chi connectivity index (χ0v) is 8.34. The van der Waals surface area contributed by atoms with Crippen molar-refractivity contribution >= 4 is 11.8 Å². The first-order valence-corrected chi connectivity index (χ1v) is 4.36. The molecule has 1 aromatic rings. The molecule has 0 amide bonds. The number of rotatable bonds is 2. The van der Waals surface area contributed by atoms with Crippen LogP contribution in [-0.2, 0) is 10.9 Å². The SMILES string of the molecule is CCOC(=O)c1cnc(N)c(C(F)(F)F)c1. The largest absolute Gasteiger partial charge is 0.462 e. The highest BCUT2D eigenvalue weighted by molar-refractivity contribution is 5.89. The molecule has 16 heavy (non-hydrogen) atoms. The van der Waals surface area contributed by atoms with Crippen LogP contribution in [0.1, 0.15) is 22.8 Å². The third-order valence-corrected chi connectivity index (χ3v) is 1.74. The summed E-state index contributed by atoms with van der Waals surface area (Å²) in [5.74, 6) is -1.53. The van der Waals surface area contributed by atoms with E-state index >= 15 is 0 Å². The normalized spacial score (nSPS) is 11.2. The van der Waals surface area contributed by atoms with Gasteiger partial charge in [0.15, 0.2) is 0 Å². The summed E-state index contributed by atoms with van der Waals surface area (Å²) < 4.78 is 41.8. The van der Waals surface area contributed by atoms with Gasteiger partial charge in [-0.25, -0.2) is 9.78 Å². The maximum atomic E-state index is 12.4. The van der Waals surface area contributed by atoms with E-state index in [1.807, 2.05) is 0 Å². The molecule has 2 N–H and O–H groups in total. The molecule has 0 saturated heterocycles. The molecule has 0 bridgehead atoms. The van der Waals surface area contributed by atoms with Crippen LogP contribution in [0.25, 0.3) is 0 Å². The maximum absolute atomic E-state index is 12.4. The van der Waals surface area contributed by atoms with Crippen LogP contribution in [0.5, 0.6) is 0 Å². The number of nitrogens with two attached hydrogens (primary N) is 1. The van der Waals surface area contributed by atoms with Crippen molar-refractivity contribution in [2.24, 2.45) is 0 Å². The number of alkyl halides is 3. The first-order valence-electron chi connectivity index (χ1n) is 4.36. The number of halogens is 3. The number of nitrogen functional groups attached to an aromatic ring is 1. The van der Waals surface area contributed by atoms with E-state index in [9.17, 15) is 18.0 Å². The molecule has 0 atom stereocenters. The minimum atomic E-state index is -4.64. The van der Waals surface area contributed by atoms with Crippen molar-refractivity contribution in [1.29, 1.82) is 0 Å². The van der Waals surface area contributed by atoms with Crippen LogP contribution >= 0.6 is 0 Å². The number of aromatic nitrogens is 1. The number of anilines is 1. The van der Waals surface area contributed by atoms with Gasteiger partial charge in [-0.3, -0.25) is 0 Å². The van der Waals surface area contributed by atoms with E-state index in [1.165, 1.54) is 0 Å². The van der Waals surface area contributed by atoms with Crippen LogP contribution in [-0.4, -0.2) is 17.6 Å². The van der Waals surface area contributed by atoms with Crippen molar-refractivity contribution in [2.75, 3.05) is 12.3 Å². The Labute approximate surface area is 89.2 Å². The standard InChI is InChI=1S/C9H9F3N2O2/c1-2-16-8(15)5-3-6(9(10,11)12)7(13)14-4-5/h3-4H,2H2,1H3,(H2,13,14). The number of hydrogen-bond acceptors (Lipinski definition) is 4. The first-order chi connectivity index (χ1) is 7.36. The van der Waals surface area contributed by atoms with Gasteiger partial charge in [0.1, 0.15) is 5.82 Å². The van der Waals surface area contributed by atoms with Crippen LogP contribution in [0.2, 0.25) is 0 Å². The topological polar surface area (TPSA) is 65.2 Å². The van der Waals surface area contributed by atoms with Crippen molar-refractivity contribution in [1.82, 2.24) is 4.98 Å². The second-order valence-corrected chi connectivity index (χ2v) is 2.88. The fourth-order valence-corrected chi connectivity index (χ4v) is 1.03. The summed E-state index contributed by atoms with van der Waals surface area (Å²) >= 11 is 0. The third kappa shape index (κ3) is 2.62. The second kappa shape index (κ2) is 4.38. The molecule has 0 aliphatic rings. The van der Waals surface area contributed by atoms with Gasteiger partial charge in [0, 0.05) is 6.20 Å². The monoisotopic (exact) mass is 234 g/mol. The molecule has 0 radical (unpaired) electrons. The first kappa shape index (κ1) is 12.3. The molecule has 0 unspecified atom stereocenters. The molecule has 4 nitrogen and oxygen atoms in total. The quantitative estimate of drug-likeness (QED) is 0.793. The lowest BCUT2D eigenvalue weighted by Crippen LogP contribution is -2.13. The van der Waals surface area contributed by atoms with E-state index in [1.54, 1.807) is 6.92 Å². The highest BCUT2D eigenvalue weighted by Crippen LogP contribution is 2.32. The molecule has 1 aromatic heterocycles. The zero-order chi connectivity index (χ0) is 12.3. The van der Waals surface area contributed by atoms with Crippen molar-refractivity contribution in [3.8, 4) is 0 Å². The highest BCUT2D eigenvalue weighted by atomic mass is 19.4. The van der Waals surface area contributed by atoms with E-state index in [0.717, 1.165) is 6.20 Å². The van der Waals surface area contributed by atoms with Gasteiger partial charge in [0.2, 0.25) is 0 Å². The summed E-state index contributed by atoms with van der Waals surface area (Å²) in [6, 6.07) is 0.625. The highest BCUT2D eigenvalue weighted by Gasteiger charge is 2.34. The number of ether oxygens (including phenoxy) is 1. The molecule has 0 fully saturated rings. The predicted octanol–water partition coefficient (Wildman–Crippen LogP) is 1.86. The predicted molar refractivity (Wildman–Crippen MR) is 49.6 cm³/mol. The van der Waals surface area contributed by atoms with Crippen LogP contribution in [0.3, 0.4) is 0 Å². The van der Waals surface area contributed by atoms with Gasteiger partial charge in [-0.2, -0.15) is 13.2 Å². The van der Waals surface area contributed by atoms with E-state index in [2.05, 4.69) is 9.72 Å². The van der Waals surface area contributed by atoms with E-state index < -0.39 is 23.5 Å². The number of hydrogen-bond donors (Lipinski definition) is 1. The summed E-state index contributed by atoms with van der Waals surface area (Å²) in [4.78, 5) is 14.5. The summed E-state index contributed by atoms with van der Waals surface area (Å²) in [7, 11) is 0. The van der Waals surface area contributed by atoms with Gasteiger partial charge in [0.05, 0.1) is 17.7 Å². The van der Waals surface area contributed by atoms with Crippen LogP contribution in [0, 0.1) is 0 Å². The van der Waals surface area contributed by atoms with Gasteiger partial charge in [-0.05, 0) is 13.0 Å². The van der Waals surface area contributed by atoms with Gasteiger partial charge in [-0.1, -0.05) is 0 Å². The average molecular weight is 234 g/mol. The van der Waals surface area contributed by atoms with E-state index in [0.29, 0.717) is 6.07 Å².